The maximum Gasteiger partial charge on any atom is -0.0391 e. The average molecular weight is 198 g/mol. The van der Waals surface area contributed by atoms with Gasteiger partial charge in [-0.3, -0.25) is 0 Å². The van der Waals surface area contributed by atoms with Gasteiger partial charge in [-0.15, -0.1) is 0 Å². The van der Waals surface area contributed by atoms with Crippen LogP contribution in [0.4, 0.5) is 0 Å². The van der Waals surface area contributed by atoms with E-state index in [1.54, 1.807) is 0 Å². The second kappa shape index (κ2) is 8.32. The Kier molecular flexibility index (Phi) is 8.32. The fourth-order valence-electron chi connectivity index (χ4n) is 2.18. The molecule has 0 saturated heterocycles. The Labute approximate surface area is 91.5 Å². The summed E-state index contributed by atoms with van der Waals surface area (Å²) in [6.45, 7) is 11.7. The molecule has 0 N–H and O–H groups in total. The smallest absolute Gasteiger partial charge is 0.0391 e. The maximum absolute atomic E-state index is 2.41. The molecule has 86 valence electrons. The highest BCUT2D eigenvalue weighted by Gasteiger charge is 2.12. The van der Waals surface area contributed by atoms with Crippen molar-refractivity contribution in [1.29, 1.82) is 0 Å². The topological polar surface area (TPSA) is 0 Å². The molecule has 0 saturated carbocycles. The van der Waals surface area contributed by atoms with Gasteiger partial charge in [-0.25, -0.2) is 0 Å². The molecule has 0 rings (SSSR count). The quantitative estimate of drug-likeness (QED) is 0.466. The van der Waals surface area contributed by atoms with Crippen LogP contribution in [0.3, 0.4) is 0 Å². The Morgan fingerprint density at radius 3 is 1.79 bits per heavy atom. The third-order valence-electron chi connectivity index (χ3n) is 3.58. The van der Waals surface area contributed by atoms with Crippen molar-refractivity contribution in [3.05, 3.63) is 0 Å². The lowest BCUT2D eigenvalue weighted by Crippen LogP contribution is -2.09. The predicted molar refractivity (Wildman–Crippen MR) is 66.5 cm³/mol. The standard InChI is InChI=1S/C14H30/c1-6-13(5)14(7-2)11-9-8-10-12(3)4/h12-14H,6-11H2,1-5H3. The molecule has 0 heterocycles. The molecule has 0 aromatic carbocycles. The fraction of sp³-hybridized carbons (Fsp3) is 1.00. The predicted octanol–water partition coefficient (Wildman–Crippen LogP) is 5.28. The van der Waals surface area contributed by atoms with Crippen LogP contribution < -0.4 is 0 Å². The SMILES string of the molecule is CCC(C)C(CC)CCCCC(C)C. The lowest BCUT2D eigenvalue weighted by Gasteiger charge is -2.21. The summed E-state index contributed by atoms with van der Waals surface area (Å²) in [4.78, 5) is 0. The zero-order valence-electron chi connectivity index (χ0n) is 11.0. The average Bonchev–Trinajstić information content (AvgIpc) is 2.16. The second-order valence-corrected chi connectivity index (χ2v) is 5.23. The maximum atomic E-state index is 2.41. The number of unbranched alkanes of at least 4 members (excludes halogenated alkanes) is 1. The van der Waals surface area contributed by atoms with E-state index < -0.39 is 0 Å². The highest BCUT2D eigenvalue weighted by Crippen LogP contribution is 2.24. The lowest BCUT2D eigenvalue weighted by atomic mass is 9.85. The van der Waals surface area contributed by atoms with E-state index in [1.807, 2.05) is 0 Å². The van der Waals surface area contributed by atoms with Crippen LogP contribution in [0.2, 0.25) is 0 Å². The van der Waals surface area contributed by atoms with Crippen molar-refractivity contribution < 1.29 is 0 Å². The third kappa shape index (κ3) is 6.45. The van der Waals surface area contributed by atoms with Crippen LogP contribution in [0.1, 0.15) is 73.1 Å². The summed E-state index contributed by atoms with van der Waals surface area (Å²) in [6.07, 6.45) is 8.47. The van der Waals surface area contributed by atoms with Gasteiger partial charge < -0.3 is 0 Å². The van der Waals surface area contributed by atoms with E-state index in [0.29, 0.717) is 0 Å². The van der Waals surface area contributed by atoms with Crippen LogP contribution in [-0.4, -0.2) is 0 Å². The summed E-state index contributed by atoms with van der Waals surface area (Å²) in [7, 11) is 0. The normalized spacial score (nSPS) is 15.9. The number of hydrogen-bond donors (Lipinski definition) is 0. The van der Waals surface area contributed by atoms with E-state index in [1.165, 1.54) is 38.5 Å². The molecule has 2 unspecified atom stereocenters. The fourth-order valence-corrected chi connectivity index (χ4v) is 2.18. The van der Waals surface area contributed by atoms with Gasteiger partial charge in [0.05, 0.1) is 0 Å². The van der Waals surface area contributed by atoms with Gasteiger partial charge in [0.1, 0.15) is 0 Å². The minimum atomic E-state index is 0.888. The third-order valence-corrected chi connectivity index (χ3v) is 3.58. The minimum absolute atomic E-state index is 0.888. The molecule has 0 heteroatoms. The highest BCUT2D eigenvalue weighted by molar-refractivity contribution is 4.64. The van der Waals surface area contributed by atoms with Gasteiger partial charge in [0.25, 0.3) is 0 Å². The van der Waals surface area contributed by atoms with E-state index in [-0.39, 0.29) is 0 Å². The van der Waals surface area contributed by atoms with E-state index in [0.717, 1.165) is 17.8 Å². The van der Waals surface area contributed by atoms with Crippen LogP contribution in [0.25, 0.3) is 0 Å². The van der Waals surface area contributed by atoms with Crippen molar-refractivity contribution in [3.8, 4) is 0 Å². The van der Waals surface area contributed by atoms with Crippen molar-refractivity contribution in [2.24, 2.45) is 17.8 Å². The summed E-state index contributed by atoms with van der Waals surface area (Å²) >= 11 is 0. The summed E-state index contributed by atoms with van der Waals surface area (Å²) in [5.41, 5.74) is 0. The monoisotopic (exact) mass is 198 g/mol. The minimum Gasteiger partial charge on any atom is -0.0651 e. The van der Waals surface area contributed by atoms with Gasteiger partial charge in [-0.2, -0.15) is 0 Å². The molecule has 2 atom stereocenters. The van der Waals surface area contributed by atoms with Gasteiger partial charge in [0, 0.05) is 0 Å². The van der Waals surface area contributed by atoms with Crippen LogP contribution in [0.5, 0.6) is 0 Å². The zero-order valence-corrected chi connectivity index (χ0v) is 11.0. The molecule has 0 radical (unpaired) electrons. The number of rotatable bonds is 8. The lowest BCUT2D eigenvalue weighted by molar-refractivity contribution is 0.305. The van der Waals surface area contributed by atoms with Crippen LogP contribution in [-0.2, 0) is 0 Å². The molecular formula is C14H30. The van der Waals surface area contributed by atoms with Gasteiger partial charge in [0.2, 0.25) is 0 Å². The van der Waals surface area contributed by atoms with E-state index in [9.17, 15) is 0 Å². The Hall–Kier alpha value is 0. The summed E-state index contributed by atoms with van der Waals surface area (Å²) in [5.74, 6) is 2.80. The largest absolute Gasteiger partial charge is 0.0651 e. The molecule has 0 aliphatic carbocycles. The van der Waals surface area contributed by atoms with Crippen molar-refractivity contribution in [3.63, 3.8) is 0 Å². The van der Waals surface area contributed by atoms with E-state index >= 15 is 0 Å². The van der Waals surface area contributed by atoms with Crippen molar-refractivity contribution in [2.45, 2.75) is 73.1 Å². The first-order chi connectivity index (χ1) is 6.61. The summed E-state index contributed by atoms with van der Waals surface area (Å²) in [6, 6.07) is 0. The Bertz CT molecular complexity index is 115. The van der Waals surface area contributed by atoms with Crippen LogP contribution in [0, 0.1) is 17.8 Å². The van der Waals surface area contributed by atoms with Crippen molar-refractivity contribution >= 4 is 0 Å². The summed E-state index contributed by atoms with van der Waals surface area (Å²) in [5, 5.41) is 0. The summed E-state index contributed by atoms with van der Waals surface area (Å²) < 4.78 is 0. The first-order valence-corrected chi connectivity index (χ1v) is 6.61. The molecular weight excluding hydrogens is 168 g/mol. The molecule has 0 nitrogen and oxygen atoms in total. The molecule has 0 aromatic heterocycles. The Balaban J connectivity index is 3.52. The van der Waals surface area contributed by atoms with Gasteiger partial charge in [0.15, 0.2) is 0 Å². The molecule has 0 spiro atoms. The first kappa shape index (κ1) is 14.0. The molecule has 0 aromatic rings. The van der Waals surface area contributed by atoms with Gasteiger partial charge in [-0.05, 0) is 17.8 Å². The Morgan fingerprint density at radius 1 is 0.786 bits per heavy atom. The van der Waals surface area contributed by atoms with E-state index in [4.69, 9.17) is 0 Å². The molecule has 0 aliphatic rings. The molecule has 0 aliphatic heterocycles. The molecule has 0 amide bonds. The van der Waals surface area contributed by atoms with Crippen LogP contribution >= 0.6 is 0 Å². The molecule has 0 fully saturated rings. The van der Waals surface area contributed by atoms with Crippen molar-refractivity contribution in [2.75, 3.05) is 0 Å². The second-order valence-electron chi connectivity index (χ2n) is 5.23. The Morgan fingerprint density at radius 2 is 1.36 bits per heavy atom. The first-order valence-electron chi connectivity index (χ1n) is 6.61. The van der Waals surface area contributed by atoms with Crippen molar-refractivity contribution in [1.82, 2.24) is 0 Å². The van der Waals surface area contributed by atoms with E-state index in [2.05, 4.69) is 34.6 Å². The molecule has 0 bridgehead atoms. The van der Waals surface area contributed by atoms with Gasteiger partial charge >= 0.3 is 0 Å². The molecule has 14 heavy (non-hydrogen) atoms. The van der Waals surface area contributed by atoms with Gasteiger partial charge in [-0.1, -0.05) is 73.1 Å². The zero-order chi connectivity index (χ0) is 11.0. The highest BCUT2D eigenvalue weighted by atomic mass is 14.2. The van der Waals surface area contributed by atoms with Crippen LogP contribution in [0.15, 0.2) is 0 Å². The number of hydrogen-bond acceptors (Lipinski definition) is 0.